The van der Waals surface area contributed by atoms with Crippen LogP contribution in [-0.2, 0) is 13.1 Å². The average Bonchev–Trinajstić information content (AvgIpc) is 3.70. The summed E-state index contributed by atoms with van der Waals surface area (Å²) < 4.78 is 31.5. The van der Waals surface area contributed by atoms with Gasteiger partial charge < -0.3 is 11.1 Å². The molecule has 6 rings (SSSR count). The number of thiophene rings is 1. The Morgan fingerprint density at radius 1 is 1.05 bits per heavy atom. The van der Waals surface area contributed by atoms with Gasteiger partial charge in [-0.05, 0) is 51.5 Å². The number of nitrogens with two attached hydrogens (primary N) is 1. The number of nitrogens with zero attached hydrogens (tertiary/aromatic N) is 6. The van der Waals surface area contributed by atoms with Crippen molar-refractivity contribution in [2.24, 2.45) is 5.73 Å². The molecular formula is C31H28F2N8O2S. The van der Waals surface area contributed by atoms with Crippen molar-refractivity contribution in [2.45, 2.75) is 47.2 Å². The number of halogens is 2. The van der Waals surface area contributed by atoms with E-state index in [-0.39, 0.29) is 15.4 Å². The Bertz CT molecular complexity index is 2100. The molecule has 0 aliphatic heterocycles. The molecule has 2 amide bonds. The quantitative estimate of drug-likeness (QED) is 0.201. The van der Waals surface area contributed by atoms with Gasteiger partial charge in [0.25, 0.3) is 18.2 Å². The highest BCUT2D eigenvalue weighted by atomic mass is 32.1. The Morgan fingerprint density at radius 3 is 2.48 bits per heavy atom. The second-order valence-corrected chi connectivity index (χ2v) is 11.2. The van der Waals surface area contributed by atoms with E-state index in [1.165, 1.54) is 6.07 Å². The Morgan fingerprint density at radius 2 is 1.82 bits per heavy atom. The monoisotopic (exact) mass is 614 g/mol. The van der Waals surface area contributed by atoms with Gasteiger partial charge in [-0.25, -0.2) is 18.7 Å². The molecule has 224 valence electrons. The second kappa shape index (κ2) is 11.2. The molecule has 3 N–H and O–H groups in total. The SMILES string of the molecule is CCn1cc(-c2cc(C(F)F)nc3sc(C(N)=O)c(NC(=O)c4cc(-c5cnn(CC)c5C)nc5ccccc45)c23)c(C)n1. The van der Waals surface area contributed by atoms with Gasteiger partial charge in [0.2, 0.25) is 0 Å². The number of aromatic nitrogens is 6. The maximum absolute atomic E-state index is 14.2. The van der Waals surface area contributed by atoms with Crippen molar-refractivity contribution in [3.63, 3.8) is 0 Å². The number of nitrogens with one attached hydrogen (secondary N) is 1. The van der Waals surface area contributed by atoms with Crippen molar-refractivity contribution in [2.75, 3.05) is 5.32 Å². The molecule has 0 saturated heterocycles. The molecule has 0 spiro atoms. The third-order valence-electron chi connectivity index (χ3n) is 7.57. The molecule has 0 saturated carbocycles. The number of rotatable bonds is 8. The van der Waals surface area contributed by atoms with Gasteiger partial charge in [0, 0.05) is 46.9 Å². The lowest BCUT2D eigenvalue weighted by atomic mass is 10.0. The molecule has 0 unspecified atom stereocenters. The zero-order valence-corrected chi connectivity index (χ0v) is 25.2. The van der Waals surface area contributed by atoms with Gasteiger partial charge in [-0.2, -0.15) is 10.2 Å². The number of primary amides is 1. The highest BCUT2D eigenvalue weighted by Crippen LogP contribution is 2.43. The van der Waals surface area contributed by atoms with Gasteiger partial charge in [0.15, 0.2) is 0 Å². The molecule has 5 heterocycles. The van der Waals surface area contributed by atoms with Crippen molar-refractivity contribution in [1.82, 2.24) is 29.5 Å². The summed E-state index contributed by atoms with van der Waals surface area (Å²) in [6.07, 6.45) is 0.597. The van der Waals surface area contributed by atoms with E-state index in [0.717, 1.165) is 22.6 Å². The van der Waals surface area contributed by atoms with E-state index in [0.29, 0.717) is 57.5 Å². The minimum absolute atomic E-state index is 0.00676. The summed E-state index contributed by atoms with van der Waals surface area (Å²) >= 11 is 0.855. The Hall–Kier alpha value is -5.04. The average molecular weight is 615 g/mol. The number of aryl methyl sites for hydroxylation is 3. The molecule has 44 heavy (non-hydrogen) atoms. The zero-order chi connectivity index (χ0) is 31.3. The van der Waals surface area contributed by atoms with Crippen LogP contribution < -0.4 is 11.1 Å². The van der Waals surface area contributed by atoms with Crippen LogP contribution >= 0.6 is 11.3 Å². The fraction of sp³-hybridized carbons (Fsp3) is 0.226. The lowest BCUT2D eigenvalue weighted by Gasteiger charge is -2.13. The lowest BCUT2D eigenvalue weighted by molar-refractivity contribution is 0.100. The number of para-hydroxylation sites is 1. The normalized spacial score (nSPS) is 11.6. The van der Waals surface area contributed by atoms with Gasteiger partial charge in [-0.3, -0.25) is 19.0 Å². The number of alkyl halides is 2. The third kappa shape index (κ3) is 4.88. The smallest absolute Gasteiger partial charge is 0.280 e. The molecular weight excluding hydrogens is 586 g/mol. The number of anilines is 1. The van der Waals surface area contributed by atoms with E-state index in [1.807, 2.05) is 37.6 Å². The number of fused-ring (bicyclic) bond motifs is 2. The predicted octanol–water partition coefficient (Wildman–Crippen LogP) is 6.52. The van der Waals surface area contributed by atoms with Crippen LogP contribution in [0.15, 0.2) is 48.8 Å². The van der Waals surface area contributed by atoms with E-state index in [9.17, 15) is 18.4 Å². The number of carbonyl (C=O) groups is 2. The minimum atomic E-state index is -2.86. The number of pyridine rings is 2. The van der Waals surface area contributed by atoms with Crippen molar-refractivity contribution in [1.29, 1.82) is 0 Å². The van der Waals surface area contributed by atoms with Gasteiger partial charge in [-0.15, -0.1) is 11.3 Å². The lowest BCUT2D eigenvalue weighted by Crippen LogP contribution is -2.17. The van der Waals surface area contributed by atoms with Crippen LogP contribution in [0.3, 0.4) is 0 Å². The van der Waals surface area contributed by atoms with E-state index in [2.05, 4.69) is 20.5 Å². The summed E-state index contributed by atoms with van der Waals surface area (Å²) in [6.45, 7) is 8.83. The molecule has 0 radical (unpaired) electrons. The zero-order valence-electron chi connectivity index (χ0n) is 24.4. The molecule has 13 heteroatoms. The molecule has 0 aliphatic carbocycles. The first-order valence-electron chi connectivity index (χ1n) is 13.9. The number of amides is 2. The van der Waals surface area contributed by atoms with Gasteiger partial charge >= 0.3 is 0 Å². The molecule has 1 aromatic carbocycles. The molecule has 10 nitrogen and oxygen atoms in total. The number of carbonyl (C=O) groups excluding carboxylic acids is 2. The summed E-state index contributed by atoms with van der Waals surface area (Å²) in [5.74, 6) is -1.35. The molecule has 0 bridgehead atoms. The van der Waals surface area contributed by atoms with Crippen molar-refractivity contribution >= 4 is 50.0 Å². The van der Waals surface area contributed by atoms with Gasteiger partial charge in [0.05, 0.1) is 34.4 Å². The van der Waals surface area contributed by atoms with Crippen LogP contribution in [0.2, 0.25) is 0 Å². The first kappa shape index (κ1) is 29.1. The van der Waals surface area contributed by atoms with Crippen LogP contribution in [-0.4, -0.2) is 41.3 Å². The summed E-state index contributed by atoms with van der Waals surface area (Å²) in [7, 11) is 0. The van der Waals surface area contributed by atoms with E-state index in [1.54, 1.807) is 42.2 Å². The number of hydrogen-bond acceptors (Lipinski definition) is 7. The Balaban J connectivity index is 1.56. The molecule has 5 aromatic heterocycles. The van der Waals surface area contributed by atoms with Crippen LogP contribution in [0, 0.1) is 13.8 Å². The molecule has 6 aromatic rings. The maximum atomic E-state index is 14.2. The first-order valence-corrected chi connectivity index (χ1v) is 14.8. The largest absolute Gasteiger partial charge is 0.365 e. The summed E-state index contributed by atoms with van der Waals surface area (Å²) in [4.78, 5) is 35.9. The van der Waals surface area contributed by atoms with Gasteiger partial charge in [0.1, 0.15) is 15.4 Å². The van der Waals surface area contributed by atoms with Crippen LogP contribution in [0.5, 0.6) is 0 Å². The molecule has 0 atom stereocenters. The standard InChI is InChI=1S/C31H28F2N8O2S/c1-5-40-14-21(15(3)39-40)18-11-24(28(32)33)37-31-25(18)26(27(44-31)29(34)42)38-30(43)19-12-23(20-13-35-41(6-2)16(20)4)36-22-10-8-7-9-17(19)22/h7-14,28H,5-6H2,1-4H3,(H2,34,42)(H,38,43). The second-order valence-electron chi connectivity index (χ2n) is 10.2. The van der Waals surface area contributed by atoms with Crippen molar-refractivity contribution < 1.29 is 18.4 Å². The highest BCUT2D eigenvalue weighted by Gasteiger charge is 2.27. The first-order chi connectivity index (χ1) is 21.1. The van der Waals surface area contributed by atoms with Gasteiger partial charge in [-0.1, -0.05) is 18.2 Å². The van der Waals surface area contributed by atoms with E-state index in [4.69, 9.17) is 10.7 Å². The van der Waals surface area contributed by atoms with E-state index >= 15 is 0 Å². The van der Waals surface area contributed by atoms with Crippen LogP contribution in [0.4, 0.5) is 14.5 Å². The maximum Gasteiger partial charge on any atom is 0.280 e. The topological polar surface area (TPSA) is 134 Å². The summed E-state index contributed by atoms with van der Waals surface area (Å²) in [6, 6.07) is 10.2. The number of benzene rings is 1. The third-order valence-corrected chi connectivity index (χ3v) is 8.67. The predicted molar refractivity (Wildman–Crippen MR) is 166 cm³/mol. The minimum Gasteiger partial charge on any atom is -0.365 e. The van der Waals surface area contributed by atoms with E-state index < -0.39 is 23.9 Å². The summed E-state index contributed by atoms with van der Waals surface area (Å²) in [5, 5.41) is 12.7. The van der Waals surface area contributed by atoms with Crippen LogP contribution in [0.25, 0.3) is 43.5 Å². The Labute approximate surface area is 254 Å². The van der Waals surface area contributed by atoms with Crippen molar-refractivity contribution in [3.05, 3.63) is 76.3 Å². The number of hydrogen-bond donors (Lipinski definition) is 2. The fourth-order valence-corrected chi connectivity index (χ4v) is 6.39. The molecule has 0 fully saturated rings. The fourth-order valence-electron chi connectivity index (χ4n) is 5.38. The van der Waals surface area contributed by atoms with Crippen molar-refractivity contribution in [3.8, 4) is 22.4 Å². The van der Waals surface area contributed by atoms with Crippen LogP contribution in [0.1, 0.15) is 57.4 Å². The molecule has 0 aliphatic rings. The Kier molecular flexibility index (Phi) is 7.41. The highest BCUT2D eigenvalue weighted by molar-refractivity contribution is 7.21. The summed E-state index contributed by atoms with van der Waals surface area (Å²) in [5.41, 5.74) is 10.1.